The average Bonchev–Trinajstić information content (AvgIpc) is 3.12. The van der Waals surface area contributed by atoms with E-state index in [0.29, 0.717) is 6.54 Å². The lowest BCUT2D eigenvalue weighted by Crippen LogP contribution is -2.29. The Morgan fingerprint density at radius 1 is 1.50 bits per heavy atom. The highest BCUT2D eigenvalue weighted by Crippen LogP contribution is 2.30. The molecular formula is C15H21NO2. The Hall–Kier alpha value is -1.35. The second kappa shape index (κ2) is 6.01. The van der Waals surface area contributed by atoms with Gasteiger partial charge in [-0.2, -0.15) is 0 Å². The number of nitrogens with one attached hydrogen (secondary N) is 1. The molecule has 98 valence electrons. The lowest BCUT2D eigenvalue weighted by Gasteiger charge is -2.14. The molecule has 1 aliphatic rings. The first-order valence-electron chi connectivity index (χ1n) is 6.62. The summed E-state index contributed by atoms with van der Waals surface area (Å²) >= 11 is 0. The zero-order valence-corrected chi connectivity index (χ0v) is 11.1. The van der Waals surface area contributed by atoms with Crippen LogP contribution in [-0.2, 0) is 16.1 Å². The summed E-state index contributed by atoms with van der Waals surface area (Å²) < 4.78 is 5.33. The normalized spacial score (nSPS) is 16.3. The topological polar surface area (TPSA) is 38.3 Å². The fourth-order valence-electron chi connectivity index (χ4n) is 1.90. The highest BCUT2D eigenvalue weighted by atomic mass is 16.5. The number of ether oxygens (including phenoxy) is 1. The molecule has 0 radical (unpaired) electrons. The Morgan fingerprint density at radius 2 is 2.28 bits per heavy atom. The minimum atomic E-state index is -0.0529. The van der Waals surface area contributed by atoms with E-state index in [1.165, 1.54) is 11.1 Å². The average molecular weight is 247 g/mol. The molecular weight excluding hydrogens is 226 g/mol. The van der Waals surface area contributed by atoms with Crippen molar-refractivity contribution in [3.05, 3.63) is 35.4 Å². The molecule has 1 unspecified atom stereocenters. The van der Waals surface area contributed by atoms with Crippen LogP contribution in [0.25, 0.3) is 0 Å². The van der Waals surface area contributed by atoms with Crippen LogP contribution >= 0.6 is 0 Å². The quantitative estimate of drug-likeness (QED) is 0.785. The van der Waals surface area contributed by atoms with Gasteiger partial charge in [0.1, 0.15) is 6.10 Å². The van der Waals surface area contributed by atoms with Gasteiger partial charge < -0.3 is 10.1 Å². The van der Waals surface area contributed by atoms with Gasteiger partial charge in [0, 0.05) is 13.1 Å². The molecule has 1 fully saturated rings. The maximum atomic E-state index is 11.4. The highest BCUT2D eigenvalue weighted by molar-refractivity contribution is 5.75. The van der Waals surface area contributed by atoms with Gasteiger partial charge in [0.2, 0.25) is 0 Å². The van der Waals surface area contributed by atoms with Crippen molar-refractivity contribution in [2.75, 3.05) is 6.54 Å². The molecule has 0 amide bonds. The molecule has 0 heterocycles. The molecule has 1 N–H and O–H groups in total. The van der Waals surface area contributed by atoms with E-state index < -0.39 is 0 Å². The summed E-state index contributed by atoms with van der Waals surface area (Å²) in [5.41, 5.74) is 2.53. The van der Waals surface area contributed by atoms with Crippen molar-refractivity contribution in [1.29, 1.82) is 0 Å². The van der Waals surface area contributed by atoms with Gasteiger partial charge in [0.15, 0.2) is 0 Å². The summed E-state index contributed by atoms with van der Waals surface area (Å²) in [6.07, 6.45) is 1.95. The molecule has 1 atom stereocenters. The van der Waals surface area contributed by atoms with Crippen LogP contribution in [0.15, 0.2) is 24.3 Å². The van der Waals surface area contributed by atoms with Gasteiger partial charge in [0.25, 0.3) is 0 Å². The van der Waals surface area contributed by atoms with E-state index in [2.05, 4.69) is 36.5 Å². The van der Waals surface area contributed by atoms with Gasteiger partial charge in [0.05, 0.1) is 5.92 Å². The van der Waals surface area contributed by atoms with Crippen molar-refractivity contribution < 1.29 is 9.53 Å². The third-order valence-corrected chi connectivity index (χ3v) is 3.07. The minimum Gasteiger partial charge on any atom is -0.461 e. The number of hydrogen-bond donors (Lipinski definition) is 1. The van der Waals surface area contributed by atoms with Crippen LogP contribution in [0.2, 0.25) is 0 Å². The lowest BCUT2D eigenvalue weighted by atomic mass is 10.1. The van der Waals surface area contributed by atoms with E-state index in [-0.39, 0.29) is 18.0 Å². The fourth-order valence-corrected chi connectivity index (χ4v) is 1.90. The second-order valence-electron chi connectivity index (χ2n) is 5.14. The summed E-state index contributed by atoms with van der Waals surface area (Å²) in [5.74, 6) is 0.157. The Bertz CT molecular complexity index is 413. The smallest absolute Gasteiger partial charge is 0.309 e. The van der Waals surface area contributed by atoms with Crippen LogP contribution in [0.4, 0.5) is 0 Å². The predicted molar refractivity (Wildman–Crippen MR) is 71.2 cm³/mol. The van der Waals surface area contributed by atoms with Crippen LogP contribution in [0.3, 0.4) is 0 Å². The van der Waals surface area contributed by atoms with Gasteiger partial charge in [-0.05, 0) is 32.3 Å². The molecule has 1 saturated carbocycles. The van der Waals surface area contributed by atoms with Crippen molar-refractivity contribution >= 4 is 5.97 Å². The van der Waals surface area contributed by atoms with Crippen LogP contribution in [0.1, 0.15) is 30.9 Å². The van der Waals surface area contributed by atoms with E-state index in [9.17, 15) is 4.79 Å². The number of esters is 1. The van der Waals surface area contributed by atoms with E-state index in [1.807, 2.05) is 6.92 Å². The van der Waals surface area contributed by atoms with E-state index in [1.54, 1.807) is 0 Å². The maximum Gasteiger partial charge on any atom is 0.309 e. The van der Waals surface area contributed by atoms with Gasteiger partial charge in [-0.3, -0.25) is 4.79 Å². The van der Waals surface area contributed by atoms with Crippen molar-refractivity contribution in [2.45, 2.75) is 39.3 Å². The Morgan fingerprint density at radius 3 is 2.94 bits per heavy atom. The second-order valence-corrected chi connectivity index (χ2v) is 5.14. The Balaban J connectivity index is 1.66. The monoisotopic (exact) mass is 247 g/mol. The van der Waals surface area contributed by atoms with Crippen LogP contribution in [0.5, 0.6) is 0 Å². The molecule has 3 nitrogen and oxygen atoms in total. The van der Waals surface area contributed by atoms with E-state index in [4.69, 9.17) is 4.74 Å². The number of benzene rings is 1. The van der Waals surface area contributed by atoms with Crippen molar-refractivity contribution in [2.24, 2.45) is 5.92 Å². The van der Waals surface area contributed by atoms with Gasteiger partial charge in [-0.25, -0.2) is 0 Å². The molecule has 2 rings (SSSR count). The molecule has 0 aromatic heterocycles. The van der Waals surface area contributed by atoms with Crippen LogP contribution < -0.4 is 5.32 Å². The Labute approximate surface area is 109 Å². The number of hydrogen-bond acceptors (Lipinski definition) is 3. The molecule has 3 heteroatoms. The number of aryl methyl sites for hydroxylation is 1. The van der Waals surface area contributed by atoms with Gasteiger partial charge >= 0.3 is 5.97 Å². The van der Waals surface area contributed by atoms with Gasteiger partial charge in [-0.1, -0.05) is 29.8 Å². The molecule has 18 heavy (non-hydrogen) atoms. The lowest BCUT2D eigenvalue weighted by molar-refractivity contribution is -0.149. The zero-order chi connectivity index (χ0) is 13.0. The molecule has 1 aliphatic carbocycles. The molecule has 0 spiro atoms. The van der Waals surface area contributed by atoms with Crippen LogP contribution in [0, 0.1) is 12.8 Å². The Kier molecular flexibility index (Phi) is 4.37. The first-order valence-corrected chi connectivity index (χ1v) is 6.62. The largest absolute Gasteiger partial charge is 0.461 e. The number of carbonyl (C=O) groups is 1. The highest BCUT2D eigenvalue weighted by Gasteiger charge is 2.32. The summed E-state index contributed by atoms with van der Waals surface area (Å²) in [6, 6.07) is 8.40. The van der Waals surface area contributed by atoms with Crippen molar-refractivity contribution in [3.8, 4) is 0 Å². The van der Waals surface area contributed by atoms with E-state index in [0.717, 1.165) is 19.4 Å². The summed E-state index contributed by atoms with van der Waals surface area (Å²) in [6.45, 7) is 5.53. The third-order valence-electron chi connectivity index (χ3n) is 3.07. The molecule has 1 aromatic rings. The summed E-state index contributed by atoms with van der Waals surface area (Å²) in [5, 5.41) is 3.32. The third kappa shape index (κ3) is 4.15. The number of carbonyl (C=O) groups excluding carboxylic acids is 1. The summed E-state index contributed by atoms with van der Waals surface area (Å²) in [4.78, 5) is 11.4. The van der Waals surface area contributed by atoms with Crippen molar-refractivity contribution in [3.63, 3.8) is 0 Å². The zero-order valence-electron chi connectivity index (χ0n) is 11.1. The maximum absolute atomic E-state index is 11.4. The summed E-state index contributed by atoms with van der Waals surface area (Å²) in [7, 11) is 0. The van der Waals surface area contributed by atoms with Crippen LogP contribution in [-0.4, -0.2) is 18.6 Å². The molecule has 1 aromatic carbocycles. The standard InChI is InChI=1S/C15H21NO2/c1-11-4-3-5-13(8-11)10-16-9-12(2)18-15(17)14-6-7-14/h3-5,8,12,14,16H,6-7,9-10H2,1-2H3. The fraction of sp³-hybridized carbons (Fsp3) is 0.533. The van der Waals surface area contributed by atoms with E-state index >= 15 is 0 Å². The molecule has 0 saturated heterocycles. The molecule has 0 aliphatic heterocycles. The van der Waals surface area contributed by atoms with Gasteiger partial charge in [-0.15, -0.1) is 0 Å². The molecule has 0 bridgehead atoms. The SMILES string of the molecule is Cc1cccc(CNCC(C)OC(=O)C2CC2)c1. The minimum absolute atomic E-state index is 0.0279. The first kappa shape index (κ1) is 13.1. The van der Waals surface area contributed by atoms with Crippen molar-refractivity contribution in [1.82, 2.24) is 5.32 Å². The predicted octanol–water partition coefficient (Wildman–Crippen LogP) is 2.43. The number of rotatable bonds is 6. The first-order chi connectivity index (χ1) is 8.65.